The van der Waals surface area contributed by atoms with Gasteiger partial charge in [0.05, 0.1) is 5.56 Å². The number of nitrogens with zero attached hydrogens (tertiary/aromatic N) is 2. The largest absolute Gasteiger partial charge is 0.370 e. The van der Waals surface area contributed by atoms with Gasteiger partial charge in [-0.15, -0.1) is 0 Å². The molecule has 5 heteroatoms. The zero-order chi connectivity index (χ0) is 10.4. The molecular weight excluding hydrogens is 182 g/mol. The van der Waals surface area contributed by atoms with Crippen LogP contribution in [0.4, 0.5) is 5.82 Å². The summed E-state index contributed by atoms with van der Waals surface area (Å²) in [7, 11) is 0. The highest BCUT2D eigenvalue weighted by Crippen LogP contribution is 2.15. The minimum atomic E-state index is -0.498. The molecule has 0 amide bonds. The molecule has 0 atom stereocenters. The van der Waals surface area contributed by atoms with Crippen LogP contribution >= 0.6 is 0 Å². The van der Waals surface area contributed by atoms with Gasteiger partial charge in [-0.3, -0.25) is 0 Å². The van der Waals surface area contributed by atoms with Crippen LogP contribution in [-0.4, -0.2) is 16.5 Å². The molecule has 0 saturated carbocycles. The molecule has 0 bridgehead atoms. The molecule has 74 valence electrons. The van der Waals surface area contributed by atoms with E-state index in [0.717, 1.165) is 0 Å². The predicted octanol–water partition coefficient (Wildman–Crippen LogP) is 1.35. The molecule has 0 saturated heterocycles. The zero-order valence-corrected chi connectivity index (χ0v) is 7.59. The lowest BCUT2D eigenvalue weighted by Gasteiger charge is -1.95. The fourth-order valence-electron chi connectivity index (χ4n) is 0.999. The fraction of sp³-hybridized carbons (Fsp3) is 0.222. The van der Waals surface area contributed by atoms with E-state index in [2.05, 4.69) is 4.98 Å². The SMILES string of the molecule is NCCC=Cc1cccnc1[N+](=O)[O-]. The predicted molar refractivity (Wildman–Crippen MR) is 53.6 cm³/mol. The third-order valence-corrected chi connectivity index (χ3v) is 1.62. The third kappa shape index (κ3) is 2.63. The lowest BCUT2D eigenvalue weighted by Crippen LogP contribution is -1.96. The molecule has 14 heavy (non-hydrogen) atoms. The summed E-state index contributed by atoms with van der Waals surface area (Å²) in [5.74, 6) is -0.124. The molecule has 0 aliphatic carbocycles. The van der Waals surface area contributed by atoms with Gasteiger partial charge in [0.15, 0.2) is 0 Å². The molecule has 0 aliphatic heterocycles. The molecule has 0 aliphatic rings. The van der Waals surface area contributed by atoms with Gasteiger partial charge in [-0.25, -0.2) is 0 Å². The average Bonchev–Trinajstić information content (AvgIpc) is 2.19. The van der Waals surface area contributed by atoms with Gasteiger partial charge >= 0.3 is 5.82 Å². The molecular formula is C9H11N3O2. The van der Waals surface area contributed by atoms with Crippen LogP contribution in [-0.2, 0) is 0 Å². The smallest absolute Gasteiger partial charge is 0.358 e. The van der Waals surface area contributed by atoms with E-state index in [1.165, 1.54) is 6.20 Å². The van der Waals surface area contributed by atoms with E-state index in [4.69, 9.17) is 5.73 Å². The Bertz CT molecular complexity index is 350. The average molecular weight is 193 g/mol. The maximum atomic E-state index is 10.5. The Morgan fingerprint density at radius 3 is 3.07 bits per heavy atom. The van der Waals surface area contributed by atoms with Gasteiger partial charge in [0.25, 0.3) is 0 Å². The normalized spacial score (nSPS) is 10.6. The molecule has 1 rings (SSSR count). The van der Waals surface area contributed by atoms with Gasteiger partial charge in [-0.05, 0) is 35.0 Å². The first-order valence-electron chi connectivity index (χ1n) is 4.21. The first-order chi connectivity index (χ1) is 6.75. The number of aromatic nitrogens is 1. The Hall–Kier alpha value is -1.75. The molecule has 1 heterocycles. The van der Waals surface area contributed by atoms with E-state index in [0.29, 0.717) is 18.5 Å². The Morgan fingerprint density at radius 2 is 2.43 bits per heavy atom. The second-order valence-electron chi connectivity index (χ2n) is 2.65. The van der Waals surface area contributed by atoms with Crippen molar-refractivity contribution in [2.24, 2.45) is 5.73 Å². The van der Waals surface area contributed by atoms with Crippen molar-refractivity contribution in [3.05, 3.63) is 40.1 Å². The van der Waals surface area contributed by atoms with Crippen LogP contribution in [0.15, 0.2) is 24.4 Å². The van der Waals surface area contributed by atoms with E-state index in [1.54, 1.807) is 24.3 Å². The van der Waals surface area contributed by atoms with Crippen molar-refractivity contribution in [3.8, 4) is 0 Å². The van der Waals surface area contributed by atoms with Crippen LogP contribution < -0.4 is 5.73 Å². The number of hydrogen-bond acceptors (Lipinski definition) is 4. The summed E-state index contributed by atoms with van der Waals surface area (Å²) in [5, 5.41) is 10.5. The highest BCUT2D eigenvalue weighted by Gasteiger charge is 2.10. The summed E-state index contributed by atoms with van der Waals surface area (Å²) in [5.41, 5.74) is 5.80. The number of pyridine rings is 1. The second kappa shape index (κ2) is 5.08. The molecule has 1 aromatic heterocycles. The highest BCUT2D eigenvalue weighted by molar-refractivity contribution is 5.57. The monoisotopic (exact) mass is 193 g/mol. The minimum Gasteiger partial charge on any atom is -0.358 e. The third-order valence-electron chi connectivity index (χ3n) is 1.62. The Balaban J connectivity index is 2.90. The Kier molecular flexibility index (Phi) is 3.75. The van der Waals surface area contributed by atoms with E-state index in [1.807, 2.05) is 0 Å². The van der Waals surface area contributed by atoms with E-state index >= 15 is 0 Å². The first-order valence-corrected chi connectivity index (χ1v) is 4.21. The molecule has 0 fully saturated rings. The van der Waals surface area contributed by atoms with Crippen molar-refractivity contribution < 1.29 is 4.92 Å². The van der Waals surface area contributed by atoms with Crippen molar-refractivity contribution in [1.82, 2.24) is 4.98 Å². The minimum absolute atomic E-state index is 0.124. The van der Waals surface area contributed by atoms with E-state index < -0.39 is 4.92 Å². The van der Waals surface area contributed by atoms with Gasteiger partial charge in [0.2, 0.25) is 0 Å². The molecule has 5 nitrogen and oxygen atoms in total. The number of nitrogens with two attached hydrogens (primary N) is 1. The number of nitro groups is 1. The van der Waals surface area contributed by atoms with Crippen LogP contribution in [0.5, 0.6) is 0 Å². The van der Waals surface area contributed by atoms with Crippen LogP contribution in [0.3, 0.4) is 0 Å². The molecule has 0 aromatic carbocycles. The lowest BCUT2D eigenvalue weighted by atomic mass is 10.2. The Labute approximate surface area is 81.4 Å². The molecule has 0 unspecified atom stereocenters. The topological polar surface area (TPSA) is 82.0 Å². The Morgan fingerprint density at radius 1 is 1.64 bits per heavy atom. The summed E-state index contributed by atoms with van der Waals surface area (Å²) >= 11 is 0. The van der Waals surface area contributed by atoms with E-state index in [9.17, 15) is 10.1 Å². The van der Waals surface area contributed by atoms with Gasteiger partial charge in [0.1, 0.15) is 6.20 Å². The summed E-state index contributed by atoms with van der Waals surface area (Å²) in [4.78, 5) is 13.7. The quantitative estimate of drug-likeness (QED) is 0.578. The van der Waals surface area contributed by atoms with Gasteiger partial charge in [-0.1, -0.05) is 12.2 Å². The maximum Gasteiger partial charge on any atom is 0.370 e. The lowest BCUT2D eigenvalue weighted by molar-refractivity contribution is -0.389. The van der Waals surface area contributed by atoms with Crippen molar-refractivity contribution in [2.75, 3.05) is 6.54 Å². The first kappa shape index (κ1) is 10.3. The highest BCUT2D eigenvalue weighted by atomic mass is 16.6. The fourth-order valence-corrected chi connectivity index (χ4v) is 0.999. The van der Waals surface area contributed by atoms with Gasteiger partial charge in [0, 0.05) is 0 Å². The zero-order valence-electron chi connectivity index (χ0n) is 7.59. The molecule has 2 N–H and O–H groups in total. The van der Waals surface area contributed by atoms with Crippen molar-refractivity contribution in [2.45, 2.75) is 6.42 Å². The van der Waals surface area contributed by atoms with Crippen molar-refractivity contribution >= 4 is 11.9 Å². The molecule has 1 aromatic rings. The summed E-state index contributed by atoms with van der Waals surface area (Å²) in [6.07, 6.45) is 5.56. The summed E-state index contributed by atoms with van der Waals surface area (Å²) in [6.45, 7) is 0.532. The van der Waals surface area contributed by atoms with Crippen molar-refractivity contribution in [1.29, 1.82) is 0 Å². The second-order valence-corrected chi connectivity index (χ2v) is 2.65. The molecule has 0 radical (unpaired) electrons. The summed E-state index contributed by atoms with van der Waals surface area (Å²) in [6, 6.07) is 3.31. The van der Waals surface area contributed by atoms with Crippen LogP contribution in [0.1, 0.15) is 12.0 Å². The van der Waals surface area contributed by atoms with Gasteiger partial charge < -0.3 is 15.8 Å². The van der Waals surface area contributed by atoms with Crippen LogP contribution in [0.2, 0.25) is 0 Å². The molecule has 0 spiro atoms. The van der Waals surface area contributed by atoms with Crippen molar-refractivity contribution in [3.63, 3.8) is 0 Å². The van der Waals surface area contributed by atoms with Crippen LogP contribution in [0.25, 0.3) is 6.08 Å². The maximum absolute atomic E-state index is 10.5. The number of rotatable bonds is 4. The standard InChI is InChI=1S/C9H11N3O2/c10-6-2-1-4-8-5-3-7-11-9(8)12(13)14/h1,3-5,7H,2,6,10H2. The van der Waals surface area contributed by atoms with Gasteiger partial charge in [-0.2, -0.15) is 0 Å². The van der Waals surface area contributed by atoms with Crippen LogP contribution in [0, 0.1) is 10.1 Å². The van der Waals surface area contributed by atoms with E-state index in [-0.39, 0.29) is 5.82 Å². The summed E-state index contributed by atoms with van der Waals surface area (Å²) < 4.78 is 0. The number of hydrogen-bond donors (Lipinski definition) is 1.